The first-order valence-electron chi connectivity index (χ1n) is 5.42. The van der Waals surface area contributed by atoms with Gasteiger partial charge >= 0.3 is 0 Å². The van der Waals surface area contributed by atoms with Crippen LogP contribution in [0.1, 0.15) is 15.9 Å². The molecule has 0 fully saturated rings. The van der Waals surface area contributed by atoms with Crippen molar-refractivity contribution >= 4 is 17.9 Å². The van der Waals surface area contributed by atoms with Gasteiger partial charge in [-0.2, -0.15) is 0 Å². The molecule has 0 saturated carbocycles. The highest BCUT2D eigenvalue weighted by Crippen LogP contribution is 2.23. The Hall–Kier alpha value is -1.94. The van der Waals surface area contributed by atoms with E-state index < -0.39 is 11.6 Å². The molecule has 2 rings (SSSR count). The fourth-order valence-electron chi connectivity index (χ4n) is 1.52. The Labute approximate surface area is 113 Å². The van der Waals surface area contributed by atoms with Gasteiger partial charge in [-0.1, -0.05) is 23.7 Å². The molecule has 0 aliphatic heterocycles. The van der Waals surface area contributed by atoms with Crippen molar-refractivity contribution < 1.29 is 18.3 Å². The zero-order valence-corrected chi connectivity index (χ0v) is 10.5. The highest BCUT2D eigenvalue weighted by atomic mass is 35.5. The first-order valence-corrected chi connectivity index (χ1v) is 5.80. The quantitative estimate of drug-likeness (QED) is 0.792. The average Bonchev–Trinajstić information content (AvgIpc) is 2.41. The fraction of sp³-hybridized carbons (Fsp3) is 0.0714. The van der Waals surface area contributed by atoms with Gasteiger partial charge in [-0.25, -0.2) is 8.78 Å². The van der Waals surface area contributed by atoms with E-state index >= 15 is 0 Å². The smallest absolute Gasteiger partial charge is 0.165 e. The molecular weight excluding hydrogens is 274 g/mol. The molecule has 0 aromatic heterocycles. The minimum Gasteiger partial charge on any atom is -0.486 e. The van der Waals surface area contributed by atoms with E-state index in [1.165, 1.54) is 24.3 Å². The molecule has 19 heavy (non-hydrogen) atoms. The number of hydrogen-bond donors (Lipinski definition) is 0. The molecule has 0 saturated heterocycles. The van der Waals surface area contributed by atoms with Crippen LogP contribution < -0.4 is 4.74 Å². The molecule has 0 bridgehead atoms. The molecule has 2 nitrogen and oxygen atoms in total. The third-order valence-corrected chi connectivity index (χ3v) is 2.93. The van der Waals surface area contributed by atoms with Gasteiger partial charge in [0.05, 0.1) is 5.02 Å². The molecule has 0 aliphatic carbocycles. The van der Waals surface area contributed by atoms with E-state index in [2.05, 4.69) is 0 Å². The molecule has 0 heterocycles. The van der Waals surface area contributed by atoms with Crippen LogP contribution in [0.2, 0.25) is 5.02 Å². The largest absolute Gasteiger partial charge is 0.486 e. The summed E-state index contributed by atoms with van der Waals surface area (Å²) >= 11 is 5.75. The first kappa shape index (κ1) is 13.5. The molecule has 5 heteroatoms. The first-order chi connectivity index (χ1) is 9.11. The minimum atomic E-state index is -0.655. The molecule has 2 aromatic carbocycles. The van der Waals surface area contributed by atoms with Crippen LogP contribution in [0.15, 0.2) is 36.4 Å². The number of hydrogen-bond acceptors (Lipinski definition) is 2. The Balaban J connectivity index is 2.14. The van der Waals surface area contributed by atoms with E-state index in [4.69, 9.17) is 16.3 Å². The summed E-state index contributed by atoms with van der Waals surface area (Å²) in [6.07, 6.45) is 0.538. The van der Waals surface area contributed by atoms with Crippen LogP contribution in [0.25, 0.3) is 0 Å². The molecule has 98 valence electrons. The van der Waals surface area contributed by atoms with Crippen LogP contribution in [0.5, 0.6) is 5.75 Å². The monoisotopic (exact) mass is 282 g/mol. The van der Waals surface area contributed by atoms with Gasteiger partial charge in [-0.3, -0.25) is 4.79 Å². The fourth-order valence-corrected chi connectivity index (χ4v) is 1.70. The van der Waals surface area contributed by atoms with Gasteiger partial charge in [-0.05, 0) is 24.3 Å². The summed E-state index contributed by atoms with van der Waals surface area (Å²) in [5, 5.41) is -0.0487. The lowest BCUT2D eigenvalue weighted by molar-refractivity contribution is 0.112. The minimum absolute atomic E-state index is 0.0223. The van der Waals surface area contributed by atoms with E-state index in [1.807, 2.05) is 0 Å². The summed E-state index contributed by atoms with van der Waals surface area (Å²) in [5.41, 5.74) is 0.633. The summed E-state index contributed by atoms with van der Waals surface area (Å²) in [7, 11) is 0. The number of carbonyl (C=O) groups is 1. The van der Waals surface area contributed by atoms with Crippen LogP contribution in [-0.4, -0.2) is 6.29 Å². The Morgan fingerprint density at radius 3 is 2.63 bits per heavy atom. The zero-order valence-electron chi connectivity index (χ0n) is 9.70. The maximum absolute atomic E-state index is 13.5. The van der Waals surface area contributed by atoms with E-state index in [-0.39, 0.29) is 22.9 Å². The summed E-state index contributed by atoms with van der Waals surface area (Å²) in [4.78, 5) is 10.5. The molecule has 0 aliphatic rings. The second-order valence-corrected chi connectivity index (χ2v) is 4.19. The Kier molecular flexibility index (Phi) is 4.12. The lowest BCUT2D eigenvalue weighted by Crippen LogP contribution is -1.99. The van der Waals surface area contributed by atoms with Crippen molar-refractivity contribution in [2.24, 2.45) is 0 Å². The summed E-state index contributed by atoms with van der Waals surface area (Å²) in [5.74, 6) is -1.23. The van der Waals surface area contributed by atoms with Gasteiger partial charge in [0.1, 0.15) is 18.7 Å². The summed E-state index contributed by atoms with van der Waals surface area (Å²) in [6, 6.07) is 8.14. The van der Waals surface area contributed by atoms with Gasteiger partial charge in [0.2, 0.25) is 0 Å². The van der Waals surface area contributed by atoms with E-state index in [1.54, 1.807) is 6.07 Å². The van der Waals surface area contributed by atoms with Crippen LogP contribution >= 0.6 is 11.6 Å². The predicted molar refractivity (Wildman–Crippen MR) is 67.5 cm³/mol. The van der Waals surface area contributed by atoms with Crippen molar-refractivity contribution in [1.29, 1.82) is 0 Å². The van der Waals surface area contributed by atoms with Crippen molar-refractivity contribution in [3.8, 4) is 5.75 Å². The molecule has 0 N–H and O–H groups in total. The van der Waals surface area contributed by atoms with E-state index in [0.29, 0.717) is 11.8 Å². The number of carbonyl (C=O) groups excluding carboxylic acids is 1. The van der Waals surface area contributed by atoms with Crippen molar-refractivity contribution in [3.05, 3.63) is 64.2 Å². The second kappa shape index (κ2) is 5.80. The van der Waals surface area contributed by atoms with Gasteiger partial charge in [-0.15, -0.1) is 0 Å². The number of benzene rings is 2. The van der Waals surface area contributed by atoms with Crippen molar-refractivity contribution in [1.82, 2.24) is 0 Å². The van der Waals surface area contributed by atoms with Gasteiger partial charge in [0.15, 0.2) is 11.6 Å². The maximum atomic E-state index is 13.5. The summed E-state index contributed by atoms with van der Waals surface area (Å²) in [6.45, 7) is -0.0616. The molecule has 0 atom stereocenters. The SMILES string of the molecule is O=Cc1ccc(OCc2cccc(F)c2Cl)c(F)c1. The molecule has 0 unspecified atom stereocenters. The highest BCUT2D eigenvalue weighted by molar-refractivity contribution is 6.31. The Bertz CT molecular complexity index is 614. The van der Waals surface area contributed by atoms with Crippen molar-refractivity contribution in [3.63, 3.8) is 0 Å². The topological polar surface area (TPSA) is 26.3 Å². The summed E-state index contributed by atoms with van der Waals surface area (Å²) < 4.78 is 31.9. The van der Waals surface area contributed by atoms with Gasteiger partial charge in [0.25, 0.3) is 0 Å². The van der Waals surface area contributed by atoms with Gasteiger partial charge < -0.3 is 4.74 Å². The maximum Gasteiger partial charge on any atom is 0.165 e. The van der Waals surface area contributed by atoms with Crippen LogP contribution in [-0.2, 0) is 6.61 Å². The lowest BCUT2D eigenvalue weighted by atomic mass is 10.2. The zero-order chi connectivity index (χ0) is 13.8. The van der Waals surface area contributed by atoms with Crippen LogP contribution in [0, 0.1) is 11.6 Å². The van der Waals surface area contributed by atoms with Gasteiger partial charge in [0, 0.05) is 11.1 Å². The van der Waals surface area contributed by atoms with Crippen molar-refractivity contribution in [2.45, 2.75) is 6.61 Å². The number of aldehydes is 1. The van der Waals surface area contributed by atoms with E-state index in [0.717, 1.165) is 6.07 Å². The standard InChI is InChI=1S/C14H9ClF2O2/c15-14-10(2-1-3-11(14)16)8-19-13-5-4-9(7-18)6-12(13)17/h1-7H,8H2. The Morgan fingerprint density at radius 2 is 1.95 bits per heavy atom. The molecule has 2 aromatic rings. The third kappa shape index (κ3) is 3.09. The molecular formula is C14H9ClF2O2. The molecule has 0 radical (unpaired) electrons. The number of ether oxygens (including phenoxy) is 1. The molecule has 0 amide bonds. The third-order valence-electron chi connectivity index (χ3n) is 2.51. The van der Waals surface area contributed by atoms with E-state index in [9.17, 15) is 13.6 Å². The molecule has 0 spiro atoms. The highest BCUT2D eigenvalue weighted by Gasteiger charge is 2.09. The second-order valence-electron chi connectivity index (χ2n) is 3.81. The average molecular weight is 283 g/mol. The predicted octanol–water partition coefficient (Wildman–Crippen LogP) is 4.01. The van der Waals surface area contributed by atoms with Crippen LogP contribution in [0.4, 0.5) is 8.78 Å². The van der Waals surface area contributed by atoms with Crippen LogP contribution in [0.3, 0.4) is 0 Å². The normalized spacial score (nSPS) is 10.3. The Morgan fingerprint density at radius 1 is 1.16 bits per heavy atom. The van der Waals surface area contributed by atoms with Crippen molar-refractivity contribution in [2.75, 3.05) is 0 Å². The lowest BCUT2D eigenvalue weighted by Gasteiger charge is -2.09. The number of halogens is 3. The number of rotatable bonds is 4.